The minimum Gasteiger partial charge on any atom is -0.497 e. The van der Waals surface area contributed by atoms with E-state index in [1.807, 2.05) is 12.1 Å². The largest absolute Gasteiger partial charge is 0.497 e. The lowest BCUT2D eigenvalue weighted by Crippen LogP contribution is -2.47. The van der Waals surface area contributed by atoms with Crippen molar-refractivity contribution in [3.63, 3.8) is 0 Å². The van der Waals surface area contributed by atoms with Gasteiger partial charge in [0.15, 0.2) is 0 Å². The van der Waals surface area contributed by atoms with Crippen molar-refractivity contribution in [3.05, 3.63) is 24.3 Å². The first-order chi connectivity index (χ1) is 11.3. The summed E-state index contributed by atoms with van der Waals surface area (Å²) in [4.78, 5) is 14.6. The average molecular weight is 317 g/mol. The van der Waals surface area contributed by atoms with E-state index >= 15 is 0 Å². The highest BCUT2D eigenvalue weighted by Crippen LogP contribution is 2.26. The van der Waals surface area contributed by atoms with Crippen LogP contribution in [0.15, 0.2) is 24.3 Å². The molecule has 0 saturated carbocycles. The van der Waals surface area contributed by atoms with Crippen molar-refractivity contribution in [2.75, 3.05) is 38.2 Å². The van der Waals surface area contributed by atoms with Gasteiger partial charge >= 0.3 is 0 Å². The second kappa shape index (κ2) is 7.68. The van der Waals surface area contributed by atoms with E-state index in [2.05, 4.69) is 27.7 Å². The number of amides is 1. The van der Waals surface area contributed by atoms with E-state index in [9.17, 15) is 4.79 Å². The molecule has 2 fully saturated rings. The fourth-order valence-corrected chi connectivity index (χ4v) is 3.48. The fourth-order valence-electron chi connectivity index (χ4n) is 3.48. The number of carbonyl (C=O) groups is 1. The highest BCUT2D eigenvalue weighted by Gasteiger charge is 2.25. The number of nitrogens with one attached hydrogen (secondary N) is 2. The normalized spacial score (nSPS) is 24.5. The van der Waals surface area contributed by atoms with E-state index in [-0.39, 0.29) is 11.9 Å². The van der Waals surface area contributed by atoms with Crippen LogP contribution in [0.1, 0.15) is 25.7 Å². The number of methoxy groups -OCH3 is 1. The molecule has 2 aliphatic heterocycles. The van der Waals surface area contributed by atoms with Gasteiger partial charge in [0.05, 0.1) is 13.2 Å². The molecular weight excluding hydrogens is 290 g/mol. The first-order valence-corrected chi connectivity index (χ1v) is 8.66. The van der Waals surface area contributed by atoms with Crippen LogP contribution in [-0.4, -0.2) is 45.2 Å². The number of nitrogens with zero attached hydrogens (tertiary/aromatic N) is 1. The van der Waals surface area contributed by atoms with Crippen molar-refractivity contribution in [2.45, 2.75) is 31.7 Å². The maximum atomic E-state index is 12.2. The first-order valence-electron chi connectivity index (χ1n) is 8.66. The molecular formula is C18H27N3O2. The van der Waals surface area contributed by atoms with Crippen molar-refractivity contribution < 1.29 is 9.53 Å². The van der Waals surface area contributed by atoms with Gasteiger partial charge < -0.3 is 20.3 Å². The van der Waals surface area contributed by atoms with E-state index in [0.29, 0.717) is 5.92 Å². The molecule has 126 valence electrons. The molecule has 2 N–H and O–H groups in total. The van der Waals surface area contributed by atoms with E-state index in [1.165, 1.54) is 12.1 Å². The van der Waals surface area contributed by atoms with Gasteiger partial charge in [-0.05, 0) is 43.9 Å². The van der Waals surface area contributed by atoms with E-state index in [0.717, 1.165) is 51.2 Å². The molecule has 2 saturated heterocycles. The zero-order valence-electron chi connectivity index (χ0n) is 13.9. The van der Waals surface area contributed by atoms with Crippen LogP contribution in [0.25, 0.3) is 0 Å². The van der Waals surface area contributed by atoms with Crippen molar-refractivity contribution >= 4 is 11.6 Å². The van der Waals surface area contributed by atoms with Crippen molar-refractivity contribution in [1.29, 1.82) is 0 Å². The molecule has 2 heterocycles. The Balaban J connectivity index is 1.46. The zero-order valence-corrected chi connectivity index (χ0v) is 13.9. The lowest BCUT2D eigenvalue weighted by Gasteiger charge is -2.23. The molecule has 0 aromatic heterocycles. The van der Waals surface area contributed by atoms with Crippen molar-refractivity contribution in [2.24, 2.45) is 5.92 Å². The third-order valence-electron chi connectivity index (χ3n) is 4.90. The average Bonchev–Trinajstić information content (AvgIpc) is 3.09. The minimum atomic E-state index is 0.0136. The molecule has 23 heavy (non-hydrogen) atoms. The smallest absolute Gasteiger partial charge is 0.237 e. The Morgan fingerprint density at radius 3 is 3.09 bits per heavy atom. The number of hydrogen-bond donors (Lipinski definition) is 2. The van der Waals surface area contributed by atoms with Gasteiger partial charge in [-0.1, -0.05) is 12.5 Å². The summed E-state index contributed by atoms with van der Waals surface area (Å²) in [5, 5.41) is 6.44. The van der Waals surface area contributed by atoms with Crippen LogP contribution in [0.5, 0.6) is 5.75 Å². The lowest BCUT2D eigenvalue weighted by atomic mass is 10.0. The number of benzene rings is 1. The summed E-state index contributed by atoms with van der Waals surface area (Å²) in [5.74, 6) is 1.58. The van der Waals surface area contributed by atoms with Gasteiger partial charge in [0.2, 0.25) is 5.91 Å². The van der Waals surface area contributed by atoms with Gasteiger partial charge in [0.1, 0.15) is 5.75 Å². The van der Waals surface area contributed by atoms with Crippen LogP contribution >= 0.6 is 0 Å². The Morgan fingerprint density at radius 1 is 1.39 bits per heavy atom. The van der Waals surface area contributed by atoms with Crippen molar-refractivity contribution in [1.82, 2.24) is 10.6 Å². The van der Waals surface area contributed by atoms with Crippen molar-refractivity contribution in [3.8, 4) is 5.75 Å². The topological polar surface area (TPSA) is 53.6 Å². The van der Waals surface area contributed by atoms with Gasteiger partial charge in [-0.15, -0.1) is 0 Å². The number of ether oxygens (including phenoxy) is 1. The minimum absolute atomic E-state index is 0.0136. The molecule has 5 heteroatoms. The standard InChI is InChI=1S/C18H27N3O2/c1-23-16-6-4-5-15(11-16)21-10-8-14(13-21)12-20-18(22)17-7-2-3-9-19-17/h4-6,11,14,17,19H,2-3,7-10,12-13H2,1H3,(H,20,22)/t14?,17-/m1/s1. The Morgan fingerprint density at radius 2 is 2.30 bits per heavy atom. The number of rotatable bonds is 5. The third-order valence-corrected chi connectivity index (χ3v) is 4.90. The Bertz CT molecular complexity index is 529. The summed E-state index contributed by atoms with van der Waals surface area (Å²) < 4.78 is 5.30. The summed E-state index contributed by atoms with van der Waals surface area (Å²) in [6, 6.07) is 8.20. The Hall–Kier alpha value is -1.75. The summed E-state index contributed by atoms with van der Waals surface area (Å²) >= 11 is 0. The van der Waals surface area contributed by atoms with E-state index < -0.39 is 0 Å². The molecule has 2 aliphatic rings. The molecule has 0 spiro atoms. The summed E-state index contributed by atoms with van der Waals surface area (Å²) in [7, 11) is 1.70. The second-order valence-corrected chi connectivity index (χ2v) is 6.55. The van der Waals surface area contributed by atoms with E-state index in [1.54, 1.807) is 7.11 Å². The number of carbonyl (C=O) groups excluding carboxylic acids is 1. The fraction of sp³-hybridized carbons (Fsp3) is 0.611. The highest BCUT2D eigenvalue weighted by atomic mass is 16.5. The predicted octanol–water partition coefficient (Wildman–Crippen LogP) is 1.78. The lowest BCUT2D eigenvalue weighted by molar-refractivity contribution is -0.123. The molecule has 0 aliphatic carbocycles. The molecule has 1 amide bonds. The summed E-state index contributed by atoms with van der Waals surface area (Å²) in [6.07, 6.45) is 4.42. The van der Waals surface area contributed by atoms with Crippen LogP contribution in [-0.2, 0) is 4.79 Å². The van der Waals surface area contributed by atoms with E-state index in [4.69, 9.17) is 4.74 Å². The Labute approximate surface area is 138 Å². The highest BCUT2D eigenvalue weighted by molar-refractivity contribution is 5.81. The van der Waals surface area contributed by atoms with Crippen LogP contribution in [0, 0.1) is 5.92 Å². The molecule has 5 nitrogen and oxygen atoms in total. The molecule has 0 radical (unpaired) electrons. The summed E-state index contributed by atoms with van der Waals surface area (Å²) in [5.41, 5.74) is 1.20. The first kappa shape index (κ1) is 16.1. The SMILES string of the molecule is COc1cccc(N2CCC(CNC(=O)[C@H]3CCCCN3)C2)c1. The third kappa shape index (κ3) is 4.16. The number of hydrogen-bond acceptors (Lipinski definition) is 4. The predicted molar refractivity (Wildman–Crippen MR) is 92.0 cm³/mol. The zero-order chi connectivity index (χ0) is 16.1. The molecule has 1 aromatic carbocycles. The monoisotopic (exact) mass is 317 g/mol. The quantitative estimate of drug-likeness (QED) is 0.869. The maximum absolute atomic E-state index is 12.2. The number of anilines is 1. The molecule has 2 atom stereocenters. The van der Waals surface area contributed by atoms with Crippen LogP contribution in [0.2, 0.25) is 0 Å². The van der Waals surface area contributed by atoms with Crippen LogP contribution < -0.4 is 20.3 Å². The molecule has 3 rings (SSSR count). The number of piperidine rings is 1. The Kier molecular flexibility index (Phi) is 5.39. The van der Waals surface area contributed by atoms with Crippen LogP contribution in [0.4, 0.5) is 5.69 Å². The van der Waals surface area contributed by atoms with Gasteiger partial charge in [0.25, 0.3) is 0 Å². The molecule has 0 bridgehead atoms. The summed E-state index contributed by atoms with van der Waals surface area (Å²) in [6.45, 7) is 3.77. The second-order valence-electron chi connectivity index (χ2n) is 6.55. The van der Waals surface area contributed by atoms with Gasteiger partial charge in [-0.3, -0.25) is 4.79 Å². The van der Waals surface area contributed by atoms with Gasteiger partial charge in [-0.2, -0.15) is 0 Å². The maximum Gasteiger partial charge on any atom is 0.237 e. The molecule has 1 unspecified atom stereocenters. The van der Waals surface area contributed by atoms with Crippen LogP contribution in [0.3, 0.4) is 0 Å². The molecule has 1 aromatic rings. The van der Waals surface area contributed by atoms with Gasteiger partial charge in [-0.25, -0.2) is 0 Å². The van der Waals surface area contributed by atoms with Gasteiger partial charge in [0, 0.05) is 31.4 Å².